The van der Waals surface area contributed by atoms with E-state index in [0.717, 1.165) is 43.0 Å². The van der Waals surface area contributed by atoms with Gasteiger partial charge in [-0.3, -0.25) is 5.32 Å². The van der Waals surface area contributed by atoms with Gasteiger partial charge < -0.3 is 24.4 Å². The standard InChI is InChI=1S/C27H30N10O3/c1-3-20-16-39-14-13-37(20)25-21-9-12-36(26-28-10-4-11-29-26)15-22(21)31-24(32-25)18-5-7-19(8-6-18)30-27(38)33-23-17(2)40-35-34-23/h4-8,10-11,20H,3,9,12-16H2,1-2H3,(H2,30,33,38)/t20-/m0/s1. The van der Waals surface area contributed by atoms with Crippen molar-refractivity contribution in [3.63, 3.8) is 0 Å². The van der Waals surface area contributed by atoms with Gasteiger partial charge >= 0.3 is 6.03 Å². The van der Waals surface area contributed by atoms with Crippen LogP contribution >= 0.6 is 0 Å². The van der Waals surface area contributed by atoms with Crippen LogP contribution in [-0.2, 0) is 17.7 Å². The van der Waals surface area contributed by atoms with Crippen LogP contribution in [0.3, 0.4) is 0 Å². The number of ether oxygens (including phenoxy) is 1. The lowest BCUT2D eigenvalue weighted by molar-refractivity contribution is 0.0924. The maximum absolute atomic E-state index is 12.4. The van der Waals surface area contributed by atoms with Gasteiger partial charge in [-0.15, -0.1) is 0 Å². The fourth-order valence-corrected chi connectivity index (χ4v) is 5.00. The van der Waals surface area contributed by atoms with Crippen molar-refractivity contribution in [1.29, 1.82) is 0 Å². The number of hydrogen-bond acceptors (Lipinski definition) is 11. The molecule has 6 rings (SSSR count). The molecule has 1 atom stereocenters. The highest BCUT2D eigenvalue weighted by Crippen LogP contribution is 2.33. The van der Waals surface area contributed by atoms with Crippen molar-refractivity contribution < 1.29 is 14.1 Å². The van der Waals surface area contributed by atoms with Crippen LogP contribution in [0.4, 0.5) is 28.1 Å². The van der Waals surface area contributed by atoms with Crippen LogP contribution in [0.25, 0.3) is 11.4 Å². The van der Waals surface area contributed by atoms with E-state index < -0.39 is 6.03 Å². The monoisotopic (exact) mass is 542 g/mol. The van der Waals surface area contributed by atoms with Crippen molar-refractivity contribution in [2.75, 3.05) is 46.7 Å². The average molecular weight is 543 g/mol. The number of carbonyl (C=O) groups excluding carboxylic acids is 1. The molecule has 2 amide bonds. The van der Waals surface area contributed by atoms with E-state index in [-0.39, 0.29) is 11.9 Å². The average Bonchev–Trinajstić information content (AvgIpc) is 3.40. The van der Waals surface area contributed by atoms with Gasteiger partial charge in [-0.1, -0.05) is 12.0 Å². The van der Waals surface area contributed by atoms with Crippen LogP contribution in [0.2, 0.25) is 0 Å². The molecule has 206 valence electrons. The number of anilines is 4. The molecule has 13 heteroatoms. The second kappa shape index (κ2) is 11.2. The zero-order valence-corrected chi connectivity index (χ0v) is 22.4. The van der Waals surface area contributed by atoms with Crippen molar-refractivity contribution >= 4 is 29.3 Å². The lowest BCUT2D eigenvalue weighted by Crippen LogP contribution is -2.47. The summed E-state index contributed by atoms with van der Waals surface area (Å²) in [4.78, 5) is 35.9. The maximum atomic E-state index is 12.4. The normalized spacial score (nSPS) is 16.9. The quantitative estimate of drug-likeness (QED) is 0.369. The van der Waals surface area contributed by atoms with Crippen molar-refractivity contribution in [3.05, 3.63) is 59.7 Å². The Hall–Kier alpha value is -4.65. The molecule has 0 radical (unpaired) electrons. The van der Waals surface area contributed by atoms with Gasteiger partial charge in [-0.25, -0.2) is 24.7 Å². The summed E-state index contributed by atoms with van der Waals surface area (Å²) in [6, 6.07) is 9.07. The Kier molecular flexibility index (Phi) is 7.19. The third-order valence-corrected chi connectivity index (χ3v) is 7.13. The number of amides is 2. The summed E-state index contributed by atoms with van der Waals surface area (Å²) in [5, 5.41) is 12.6. The molecule has 0 saturated carbocycles. The first-order valence-corrected chi connectivity index (χ1v) is 13.3. The molecular weight excluding hydrogens is 512 g/mol. The van der Waals surface area contributed by atoms with Crippen molar-refractivity contribution in [3.8, 4) is 11.4 Å². The van der Waals surface area contributed by atoms with Gasteiger partial charge in [0.2, 0.25) is 11.8 Å². The molecule has 0 unspecified atom stereocenters. The van der Waals surface area contributed by atoms with Crippen molar-refractivity contribution in [1.82, 2.24) is 30.3 Å². The van der Waals surface area contributed by atoms with E-state index in [1.807, 2.05) is 30.3 Å². The highest BCUT2D eigenvalue weighted by atomic mass is 16.5. The van der Waals surface area contributed by atoms with Crippen molar-refractivity contribution in [2.45, 2.75) is 39.3 Å². The lowest BCUT2D eigenvalue weighted by atomic mass is 10.0. The summed E-state index contributed by atoms with van der Waals surface area (Å²) in [6.45, 7) is 7.37. The number of carbonyl (C=O) groups is 1. The number of nitrogens with one attached hydrogen (secondary N) is 2. The van der Waals surface area contributed by atoms with Crippen molar-refractivity contribution in [2.24, 2.45) is 0 Å². The molecule has 0 bridgehead atoms. The molecule has 40 heavy (non-hydrogen) atoms. The Morgan fingerprint density at radius 3 is 2.67 bits per heavy atom. The first kappa shape index (κ1) is 25.6. The fourth-order valence-electron chi connectivity index (χ4n) is 5.00. The highest BCUT2D eigenvalue weighted by molar-refractivity contribution is 5.99. The van der Waals surface area contributed by atoms with Crippen LogP contribution < -0.4 is 20.4 Å². The number of benzene rings is 1. The van der Waals surface area contributed by atoms with E-state index >= 15 is 0 Å². The van der Waals surface area contributed by atoms with Gasteiger partial charge in [0.15, 0.2) is 11.6 Å². The van der Waals surface area contributed by atoms with Gasteiger partial charge in [-0.05, 0) is 43.2 Å². The number of nitrogens with zero attached hydrogens (tertiary/aromatic N) is 8. The fraction of sp³-hybridized carbons (Fsp3) is 0.370. The largest absolute Gasteiger partial charge is 0.377 e. The van der Waals surface area contributed by atoms with Gasteiger partial charge in [0.05, 0.1) is 31.5 Å². The van der Waals surface area contributed by atoms with Gasteiger partial charge in [-0.2, -0.15) is 0 Å². The zero-order chi connectivity index (χ0) is 27.5. The third-order valence-electron chi connectivity index (χ3n) is 7.13. The molecular formula is C27H30N10O3. The van der Waals surface area contributed by atoms with Crippen LogP contribution in [-0.4, -0.2) is 68.7 Å². The molecule has 2 N–H and O–H groups in total. The Balaban J connectivity index is 1.29. The first-order chi connectivity index (χ1) is 19.6. The van der Waals surface area contributed by atoms with E-state index in [1.165, 1.54) is 5.56 Å². The summed E-state index contributed by atoms with van der Waals surface area (Å²) in [7, 11) is 0. The summed E-state index contributed by atoms with van der Waals surface area (Å²) >= 11 is 0. The first-order valence-electron chi connectivity index (χ1n) is 13.3. The minimum atomic E-state index is -0.444. The Bertz CT molecular complexity index is 1480. The van der Waals surface area contributed by atoms with E-state index in [9.17, 15) is 4.79 Å². The molecule has 13 nitrogen and oxygen atoms in total. The smallest absolute Gasteiger partial charge is 0.324 e. The number of morpholine rings is 1. The minimum absolute atomic E-state index is 0.254. The van der Waals surface area contributed by atoms with Crippen LogP contribution in [0.15, 0.2) is 47.2 Å². The van der Waals surface area contributed by atoms with Gasteiger partial charge in [0, 0.05) is 54.5 Å². The number of aryl methyl sites for hydroxylation is 1. The molecule has 5 heterocycles. The van der Waals surface area contributed by atoms with E-state index in [0.29, 0.717) is 43.0 Å². The molecule has 2 aliphatic rings. The number of aromatic nitrogens is 6. The highest BCUT2D eigenvalue weighted by Gasteiger charge is 2.30. The Labute approximate surface area is 231 Å². The molecule has 0 aliphatic carbocycles. The van der Waals surface area contributed by atoms with Crippen LogP contribution in [0, 0.1) is 6.92 Å². The minimum Gasteiger partial charge on any atom is -0.377 e. The lowest BCUT2D eigenvalue weighted by Gasteiger charge is -2.39. The molecule has 0 spiro atoms. The van der Waals surface area contributed by atoms with Gasteiger partial charge in [0.25, 0.3) is 0 Å². The Morgan fingerprint density at radius 1 is 1.10 bits per heavy atom. The topological polar surface area (TPSA) is 147 Å². The second-order valence-corrected chi connectivity index (χ2v) is 9.68. The summed E-state index contributed by atoms with van der Waals surface area (Å²) in [5.41, 5.74) is 3.60. The number of urea groups is 1. The predicted molar refractivity (Wildman–Crippen MR) is 148 cm³/mol. The second-order valence-electron chi connectivity index (χ2n) is 9.68. The summed E-state index contributed by atoms with van der Waals surface area (Å²) < 4.78 is 10.7. The molecule has 1 fully saturated rings. The molecule has 1 aromatic carbocycles. The molecule has 3 aromatic heterocycles. The Morgan fingerprint density at radius 2 is 1.93 bits per heavy atom. The molecule has 4 aromatic rings. The number of hydrogen-bond donors (Lipinski definition) is 2. The molecule has 2 aliphatic heterocycles. The number of fused-ring (bicyclic) bond motifs is 1. The summed E-state index contributed by atoms with van der Waals surface area (Å²) in [6.07, 6.45) is 5.28. The van der Waals surface area contributed by atoms with E-state index in [4.69, 9.17) is 19.2 Å². The van der Waals surface area contributed by atoms with Crippen LogP contribution in [0.5, 0.6) is 0 Å². The summed E-state index contributed by atoms with van der Waals surface area (Å²) in [5.74, 6) is 2.99. The maximum Gasteiger partial charge on any atom is 0.324 e. The molecule has 1 saturated heterocycles. The van der Waals surface area contributed by atoms with Crippen LogP contribution in [0.1, 0.15) is 30.4 Å². The van der Waals surface area contributed by atoms with E-state index in [1.54, 1.807) is 19.3 Å². The predicted octanol–water partition coefficient (Wildman–Crippen LogP) is 3.45. The number of rotatable bonds is 6. The van der Waals surface area contributed by atoms with Gasteiger partial charge in [0.1, 0.15) is 5.82 Å². The SMILES string of the molecule is CC[C@H]1COCCN1c1nc(-c2ccc(NC(=O)Nc3nnoc3C)cc2)nc2c1CCN(c1ncccn1)C2. The van der Waals surface area contributed by atoms with E-state index in [2.05, 4.69) is 47.7 Å². The zero-order valence-electron chi connectivity index (χ0n) is 22.4. The third kappa shape index (κ3) is 5.27.